The molecule has 1 aromatic carbocycles. The highest BCUT2D eigenvalue weighted by Crippen LogP contribution is 2.36. The van der Waals surface area contributed by atoms with E-state index in [1.165, 1.54) is 6.07 Å². The van der Waals surface area contributed by atoms with Crippen LogP contribution in [0.3, 0.4) is 0 Å². The first-order valence-electron chi connectivity index (χ1n) is 4.13. The summed E-state index contributed by atoms with van der Waals surface area (Å²) in [4.78, 5) is 11.0. The van der Waals surface area contributed by atoms with E-state index in [1.54, 1.807) is 0 Å². The Morgan fingerprint density at radius 3 is 2.38 bits per heavy atom. The molecule has 0 bridgehead atoms. The van der Waals surface area contributed by atoms with Gasteiger partial charge in [-0.15, -0.1) is 0 Å². The van der Waals surface area contributed by atoms with Gasteiger partial charge in [0.15, 0.2) is 5.78 Å². The van der Waals surface area contributed by atoms with Crippen LogP contribution in [0.5, 0.6) is 5.75 Å². The van der Waals surface area contributed by atoms with Crippen molar-refractivity contribution in [1.82, 2.24) is 0 Å². The number of nitrogens with zero attached hydrogens (tertiary/aromatic N) is 1. The summed E-state index contributed by atoms with van der Waals surface area (Å²) in [6.45, 7) is 0.982. The maximum absolute atomic E-state index is 12.5. The Bertz CT molecular complexity index is 486. The molecule has 0 unspecified atom stereocenters. The zero-order valence-corrected chi connectivity index (χ0v) is 8.09. The van der Waals surface area contributed by atoms with Gasteiger partial charge >= 0.3 is 6.18 Å². The number of halogens is 3. The summed E-state index contributed by atoms with van der Waals surface area (Å²) in [5.74, 6) is -1.42. The lowest BCUT2D eigenvalue weighted by Crippen LogP contribution is -2.11. The van der Waals surface area contributed by atoms with Crippen LogP contribution in [0.25, 0.3) is 0 Å². The highest BCUT2D eigenvalue weighted by Gasteiger charge is 2.35. The largest absolute Gasteiger partial charge is 0.507 e. The quantitative estimate of drug-likeness (QED) is 0.752. The fourth-order valence-electron chi connectivity index (χ4n) is 1.30. The van der Waals surface area contributed by atoms with Crippen molar-refractivity contribution in [3.05, 3.63) is 28.8 Å². The third kappa shape index (κ3) is 1.98. The molecular formula is C10H6F3NO2. The van der Waals surface area contributed by atoms with Crippen LogP contribution in [0.4, 0.5) is 13.2 Å². The summed E-state index contributed by atoms with van der Waals surface area (Å²) in [6.07, 6.45) is -4.73. The average Bonchev–Trinajstić information content (AvgIpc) is 2.14. The number of phenolic OH excluding ortho intramolecular Hbond substituents is 1. The summed E-state index contributed by atoms with van der Waals surface area (Å²) in [5.41, 5.74) is -2.67. The monoisotopic (exact) mass is 229 g/mol. The summed E-state index contributed by atoms with van der Waals surface area (Å²) in [6, 6.07) is 2.61. The lowest BCUT2D eigenvalue weighted by molar-refractivity contribution is -0.137. The van der Waals surface area contributed by atoms with Gasteiger partial charge in [0.1, 0.15) is 11.8 Å². The van der Waals surface area contributed by atoms with E-state index in [9.17, 15) is 23.1 Å². The van der Waals surface area contributed by atoms with E-state index in [-0.39, 0.29) is 0 Å². The Morgan fingerprint density at radius 1 is 1.44 bits per heavy atom. The first-order valence-corrected chi connectivity index (χ1v) is 4.13. The molecule has 0 radical (unpaired) electrons. The molecule has 0 aliphatic rings. The third-order valence-electron chi connectivity index (χ3n) is 1.95. The molecule has 16 heavy (non-hydrogen) atoms. The minimum atomic E-state index is -4.73. The first kappa shape index (κ1) is 12.0. The molecule has 0 saturated heterocycles. The summed E-state index contributed by atoms with van der Waals surface area (Å²) in [5, 5.41) is 17.9. The predicted octanol–water partition coefficient (Wildman–Crippen LogP) is 2.49. The fraction of sp³-hybridized carbons (Fsp3) is 0.200. The molecule has 0 aliphatic carbocycles. The van der Waals surface area contributed by atoms with E-state index in [1.807, 2.05) is 0 Å². The lowest BCUT2D eigenvalue weighted by Gasteiger charge is -2.11. The Kier molecular flexibility index (Phi) is 2.90. The van der Waals surface area contributed by atoms with Gasteiger partial charge in [0.25, 0.3) is 0 Å². The van der Waals surface area contributed by atoms with Gasteiger partial charge in [0.05, 0.1) is 16.7 Å². The molecule has 0 aromatic heterocycles. The van der Waals surface area contributed by atoms with Crippen LogP contribution in [-0.4, -0.2) is 10.9 Å². The SMILES string of the molecule is CC(=O)c1c(O)ccc(C(F)(F)F)c1C#N. The number of phenols is 1. The van der Waals surface area contributed by atoms with Gasteiger partial charge in [-0.05, 0) is 19.1 Å². The molecule has 0 saturated carbocycles. The third-order valence-corrected chi connectivity index (χ3v) is 1.95. The molecule has 1 N–H and O–H groups in total. The van der Waals surface area contributed by atoms with Crippen molar-refractivity contribution in [1.29, 1.82) is 5.26 Å². The van der Waals surface area contributed by atoms with Gasteiger partial charge in [-0.1, -0.05) is 0 Å². The molecule has 0 heterocycles. The molecular weight excluding hydrogens is 223 g/mol. The molecule has 1 rings (SSSR count). The molecule has 0 spiro atoms. The van der Waals surface area contributed by atoms with Crippen LogP contribution in [0.15, 0.2) is 12.1 Å². The predicted molar refractivity (Wildman–Crippen MR) is 47.8 cm³/mol. The Balaban J connectivity index is 3.64. The number of carbonyl (C=O) groups is 1. The molecule has 84 valence electrons. The van der Waals surface area contributed by atoms with Crippen LogP contribution in [0.1, 0.15) is 28.4 Å². The van der Waals surface area contributed by atoms with E-state index in [0.29, 0.717) is 6.07 Å². The zero-order chi connectivity index (χ0) is 12.5. The number of ketones is 1. The van der Waals surface area contributed by atoms with Gasteiger partial charge in [-0.25, -0.2) is 0 Å². The van der Waals surface area contributed by atoms with Crippen molar-refractivity contribution in [2.75, 3.05) is 0 Å². The van der Waals surface area contributed by atoms with Gasteiger partial charge in [-0.2, -0.15) is 18.4 Å². The second-order valence-corrected chi connectivity index (χ2v) is 3.05. The van der Waals surface area contributed by atoms with E-state index in [2.05, 4.69) is 0 Å². The number of carbonyl (C=O) groups excluding carboxylic acids is 1. The maximum atomic E-state index is 12.5. The Labute approximate surface area is 88.7 Å². The number of nitriles is 1. The summed E-state index contributed by atoms with van der Waals surface area (Å²) in [7, 11) is 0. The number of aromatic hydroxyl groups is 1. The molecule has 0 aliphatic heterocycles. The van der Waals surface area contributed by atoms with Crippen LogP contribution in [0.2, 0.25) is 0 Å². The minimum Gasteiger partial charge on any atom is -0.507 e. The van der Waals surface area contributed by atoms with Crippen molar-refractivity contribution in [3.8, 4) is 11.8 Å². The number of hydrogen-bond donors (Lipinski definition) is 1. The maximum Gasteiger partial charge on any atom is 0.417 e. The number of rotatable bonds is 1. The van der Waals surface area contributed by atoms with E-state index < -0.39 is 34.4 Å². The standard InChI is InChI=1S/C10H6F3NO2/c1-5(15)9-6(4-14)7(10(11,12)13)2-3-8(9)16/h2-3,16H,1H3. The van der Waals surface area contributed by atoms with Crippen molar-refractivity contribution >= 4 is 5.78 Å². The molecule has 0 atom stereocenters. The van der Waals surface area contributed by atoms with Crippen LogP contribution >= 0.6 is 0 Å². The number of hydrogen-bond acceptors (Lipinski definition) is 3. The van der Waals surface area contributed by atoms with Crippen molar-refractivity contribution in [2.24, 2.45) is 0 Å². The van der Waals surface area contributed by atoms with Gasteiger partial charge < -0.3 is 5.11 Å². The second-order valence-electron chi connectivity index (χ2n) is 3.05. The molecule has 1 aromatic rings. The van der Waals surface area contributed by atoms with Crippen LogP contribution in [0, 0.1) is 11.3 Å². The number of alkyl halides is 3. The average molecular weight is 229 g/mol. The summed E-state index contributed by atoms with van der Waals surface area (Å²) < 4.78 is 37.4. The van der Waals surface area contributed by atoms with E-state index in [0.717, 1.165) is 13.0 Å². The number of benzene rings is 1. The van der Waals surface area contributed by atoms with E-state index in [4.69, 9.17) is 5.26 Å². The van der Waals surface area contributed by atoms with Crippen LogP contribution < -0.4 is 0 Å². The lowest BCUT2D eigenvalue weighted by atomic mass is 9.98. The first-order chi connectivity index (χ1) is 7.29. The van der Waals surface area contributed by atoms with Crippen molar-refractivity contribution in [3.63, 3.8) is 0 Å². The molecule has 6 heteroatoms. The second kappa shape index (κ2) is 3.85. The summed E-state index contributed by atoms with van der Waals surface area (Å²) >= 11 is 0. The van der Waals surface area contributed by atoms with Gasteiger partial charge in [0.2, 0.25) is 0 Å². The van der Waals surface area contributed by atoms with Crippen molar-refractivity contribution < 1.29 is 23.1 Å². The van der Waals surface area contributed by atoms with Crippen molar-refractivity contribution in [2.45, 2.75) is 13.1 Å². The Hall–Kier alpha value is -2.03. The number of Topliss-reactive ketones (excluding diaryl/α,β-unsaturated/α-hetero) is 1. The minimum absolute atomic E-state index is 0.570. The topological polar surface area (TPSA) is 61.1 Å². The molecule has 0 amide bonds. The van der Waals surface area contributed by atoms with Crippen LogP contribution in [-0.2, 0) is 6.18 Å². The fourth-order valence-corrected chi connectivity index (χ4v) is 1.30. The van der Waals surface area contributed by atoms with E-state index >= 15 is 0 Å². The molecule has 0 fully saturated rings. The highest BCUT2D eigenvalue weighted by molar-refractivity contribution is 5.99. The normalized spacial score (nSPS) is 10.9. The Morgan fingerprint density at radius 2 is 2.00 bits per heavy atom. The van der Waals surface area contributed by atoms with Gasteiger partial charge in [0, 0.05) is 0 Å². The smallest absolute Gasteiger partial charge is 0.417 e. The zero-order valence-electron chi connectivity index (χ0n) is 8.09. The highest BCUT2D eigenvalue weighted by atomic mass is 19.4. The molecule has 3 nitrogen and oxygen atoms in total. The van der Waals surface area contributed by atoms with Gasteiger partial charge in [-0.3, -0.25) is 4.79 Å².